The predicted octanol–water partition coefficient (Wildman–Crippen LogP) is 3.93. The van der Waals surface area contributed by atoms with Crippen LogP contribution in [0, 0.1) is 5.82 Å². The topological polar surface area (TPSA) is 70.4 Å². The van der Waals surface area contributed by atoms with E-state index in [0.717, 1.165) is 54.5 Å². The highest BCUT2D eigenvalue weighted by Gasteiger charge is 2.53. The highest BCUT2D eigenvalue weighted by atomic mass is 19.1. The van der Waals surface area contributed by atoms with Crippen molar-refractivity contribution in [2.45, 2.75) is 37.3 Å². The lowest BCUT2D eigenvalue weighted by Crippen LogP contribution is -2.60. The highest BCUT2D eigenvalue weighted by Crippen LogP contribution is 2.48. The number of nitrogens with zero attached hydrogens (tertiary/aromatic N) is 3. The summed E-state index contributed by atoms with van der Waals surface area (Å²) in [6.07, 6.45) is 4.82. The van der Waals surface area contributed by atoms with Gasteiger partial charge in [0.15, 0.2) is 0 Å². The standard InChI is InChI=1S/C21H21FN4O2/c22-15-2-4-16(5-3-15)26-18-7-6-17(12-14(18)13-23-26)25-11-8-19(24-20(27)28)21(25)9-1-10-21/h2-7,12-13,19,24H,1,8-11H2,(H,27,28). The number of nitrogens with one attached hydrogen (secondary N) is 1. The maximum Gasteiger partial charge on any atom is 0.404 e. The van der Waals surface area contributed by atoms with Gasteiger partial charge in [-0.2, -0.15) is 5.10 Å². The lowest BCUT2D eigenvalue weighted by Gasteiger charge is -2.50. The average molecular weight is 380 g/mol. The largest absolute Gasteiger partial charge is 0.465 e. The van der Waals surface area contributed by atoms with Gasteiger partial charge in [-0.3, -0.25) is 0 Å². The first kappa shape index (κ1) is 17.0. The summed E-state index contributed by atoms with van der Waals surface area (Å²) in [5.41, 5.74) is 2.75. The van der Waals surface area contributed by atoms with E-state index in [2.05, 4.69) is 27.4 Å². The first-order valence-electron chi connectivity index (χ1n) is 9.58. The van der Waals surface area contributed by atoms with Crippen LogP contribution in [0.25, 0.3) is 16.6 Å². The Kier molecular flexibility index (Phi) is 3.79. The van der Waals surface area contributed by atoms with E-state index < -0.39 is 6.09 Å². The van der Waals surface area contributed by atoms with Crippen LogP contribution >= 0.6 is 0 Å². The zero-order valence-electron chi connectivity index (χ0n) is 15.3. The van der Waals surface area contributed by atoms with Crippen molar-refractivity contribution in [3.8, 4) is 5.69 Å². The lowest BCUT2D eigenvalue weighted by atomic mass is 9.71. The Bertz CT molecular complexity index is 1040. The summed E-state index contributed by atoms with van der Waals surface area (Å²) in [6, 6.07) is 12.5. The van der Waals surface area contributed by atoms with E-state index in [1.165, 1.54) is 12.1 Å². The Morgan fingerprint density at radius 2 is 1.93 bits per heavy atom. The zero-order chi connectivity index (χ0) is 19.3. The number of hydrogen-bond acceptors (Lipinski definition) is 3. The Labute approximate surface area is 161 Å². The number of amides is 1. The molecule has 3 aromatic rings. The van der Waals surface area contributed by atoms with Gasteiger partial charge in [-0.25, -0.2) is 13.9 Å². The fourth-order valence-corrected chi connectivity index (χ4v) is 4.81. The number of carbonyl (C=O) groups is 1. The summed E-state index contributed by atoms with van der Waals surface area (Å²) in [7, 11) is 0. The van der Waals surface area contributed by atoms with E-state index in [1.807, 2.05) is 12.3 Å². The summed E-state index contributed by atoms with van der Waals surface area (Å²) in [5, 5.41) is 17.4. The van der Waals surface area contributed by atoms with Gasteiger partial charge >= 0.3 is 6.09 Å². The van der Waals surface area contributed by atoms with E-state index in [4.69, 9.17) is 0 Å². The molecule has 1 aliphatic carbocycles. The van der Waals surface area contributed by atoms with Gasteiger partial charge in [-0.05, 0) is 68.1 Å². The normalized spacial score (nSPS) is 20.5. The van der Waals surface area contributed by atoms with Gasteiger partial charge in [0, 0.05) is 17.6 Å². The minimum absolute atomic E-state index is 0.0311. The van der Waals surface area contributed by atoms with Crippen molar-refractivity contribution >= 4 is 22.7 Å². The number of rotatable bonds is 3. The molecule has 1 saturated heterocycles. The first-order chi connectivity index (χ1) is 13.6. The molecule has 1 spiro atoms. The van der Waals surface area contributed by atoms with E-state index in [9.17, 15) is 14.3 Å². The van der Waals surface area contributed by atoms with Crippen molar-refractivity contribution in [3.63, 3.8) is 0 Å². The molecule has 6 nitrogen and oxygen atoms in total. The number of aromatic nitrogens is 2. The molecule has 1 aromatic heterocycles. The van der Waals surface area contributed by atoms with Gasteiger partial charge in [0.25, 0.3) is 0 Å². The third-order valence-corrected chi connectivity index (χ3v) is 6.28. The molecule has 28 heavy (non-hydrogen) atoms. The number of hydrogen-bond donors (Lipinski definition) is 2. The molecule has 2 fully saturated rings. The van der Waals surface area contributed by atoms with Gasteiger partial charge in [0.1, 0.15) is 5.82 Å². The molecule has 2 aromatic carbocycles. The van der Waals surface area contributed by atoms with Gasteiger partial charge in [0.05, 0.1) is 29.0 Å². The summed E-state index contributed by atoms with van der Waals surface area (Å²) in [4.78, 5) is 13.6. The molecule has 2 heterocycles. The van der Waals surface area contributed by atoms with Crippen molar-refractivity contribution in [3.05, 3.63) is 54.5 Å². The number of benzene rings is 2. The van der Waals surface area contributed by atoms with Crippen LogP contribution in [0.1, 0.15) is 25.7 Å². The van der Waals surface area contributed by atoms with Crippen LogP contribution in [0.5, 0.6) is 0 Å². The van der Waals surface area contributed by atoms with Crippen LogP contribution in [-0.2, 0) is 0 Å². The Balaban J connectivity index is 1.49. The number of carboxylic acid groups (broad SMARTS) is 1. The van der Waals surface area contributed by atoms with E-state index >= 15 is 0 Å². The van der Waals surface area contributed by atoms with E-state index in [-0.39, 0.29) is 17.4 Å². The molecule has 2 aliphatic rings. The quantitative estimate of drug-likeness (QED) is 0.722. The first-order valence-corrected chi connectivity index (χ1v) is 9.58. The second kappa shape index (κ2) is 6.22. The maximum atomic E-state index is 13.2. The Morgan fingerprint density at radius 3 is 2.61 bits per heavy atom. The summed E-state index contributed by atoms with van der Waals surface area (Å²) in [5.74, 6) is -0.271. The minimum Gasteiger partial charge on any atom is -0.465 e. The third kappa shape index (κ3) is 2.53. The van der Waals surface area contributed by atoms with Crippen molar-refractivity contribution in [1.82, 2.24) is 15.1 Å². The second-order valence-corrected chi connectivity index (χ2v) is 7.68. The van der Waals surface area contributed by atoms with Crippen LogP contribution < -0.4 is 10.2 Å². The molecule has 7 heteroatoms. The molecule has 1 aliphatic heterocycles. The number of fused-ring (bicyclic) bond motifs is 1. The monoisotopic (exact) mass is 380 g/mol. The van der Waals surface area contributed by atoms with Crippen molar-refractivity contribution in [1.29, 1.82) is 0 Å². The summed E-state index contributed by atoms with van der Waals surface area (Å²) < 4.78 is 15.0. The summed E-state index contributed by atoms with van der Waals surface area (Å²) in [6.45, 7) is 0.836. The summed E-state index contributed by atoms with van der Waals surface area (Å²) >= 11 is 0. The highest BCUT2D eigenvalue weighted by molar-refractivity contribution is 5.84. The van der Waals surface area contributed by atoms with Crippen LogP contribution in [0.15, 0.2) is 48.7 Å². The Morgan fingerprint density at radius 1 is 1.18 bits per heavy atom. The van der Waals surface area contributed by atoms with Crippen molar-refractivity contribution in [2.24, 2.45) is 0 Å². The molecule has 2 N–H and O–H groups in total. The molecule has 1 atom stereocenters. The fourth-order valence-electron chi connectivity index (χ4n) is 4.81. The number of halogens is 1. The second-order valence-electron chi connectivity index (χ2n) is 7.68. The van der Waals surface area contributed by atoms with Gasteiger partial charge in [-0.1, -0.05) is 0 Å². The third-order valence-electron chi connectivity index (χ3n) is 6.28. The number of anilines is 1. The molecule has 0 bridgehead atoms. The minimum atomic E-state index is -0.950. The van der Waals surface area contributed by atoms with Crippen molar-refractivity contribution in [2.75, 3.05) is 11.4 Å². The Hall–Kier alpha value is -3.09. The van der Waals surface area contributed by atoms with E-state index in [0.29, 0.717) is 0 Å². The predicted molar refractivity (Wildman–Crippen MR) is 105 cm³/mol. The van der Waals surface area contributed by atoms with Crippen LogP contribution in [0.3, 0.4) is 0 Å². The smallest absolute Gasteiger partial charge is 0.404 e. The SMILES string of the molecule is O=C(O)NC1CCN(c2ccc3c(cnn3-c3ccc(F)cc3)c2)C12CCC2. The molecule has 1 saturated carbocycles. The van der Waals surface area contributed by atoms with Gasteiger partial charge in [0.2, 0.25) is 0 Å². The van der Waals surface area contributed by atoms with Crippen LogP contribution in [-0.4, -0.2) is 39.1 Å². The molecule has 144 valence electrons. The zero-order valence-corrected chi connectivity index (χ0v) is 15.3. The molecular weight excluding hydrogens is 359 g/mol. The van der Waals surface area contributed by atoms with Crippen LogP contribution in [0.2, 0.25) is 0 Å². The molecular formula is C21H21FN4O2. The molecule has 5 rings (SSSR count). The van der Waals surface area contributed by atoms with E-state index in [1.54, 1.807) is 16.8 Å². The molecule has 1 amide bonds. The maximum absolute atomic E-state index is 13.2. The fraction of sp³-hybridized carbons (Fsp3) is 0.333. The average Bonchev–Trinajstić information content (AvgIpc) is 3.22. The molecule has 0 radical (unpaired) electrons. The van der Waals surface area contributed by atoms with Gasteiger partial charge in [-0.15, -0.1) is 0 Å². The molecule has 1 unspecified atom stereocenters. The lowest BCUT2D eigenvalue weighted by molar-refractivity contribution is 0.163. The van der Waals surface area contributed by atoms with Gasteiger partial charge < -0.3 is 15.3 Å². The van der Waals surface area contributed by atoms with Crippen LogP contribution in [0.4, 0.5) is 14.9 Å². The van der Waals surface area contributed by atoms with Crippen molar-refractivity contribution < 1.29 is 14.3 Å².